The zero-order valence-electron chi connectivity index (χ0n) is 16.2. The number of guanidine groups is 1. The van der Waals surface area contributed by atoms with Gasteiger partial charge in [-0.05, 0) is 45.4 Å². The Morgan fingerprint density at radius 1 is 1.15 bits per heavy atom. The van der Waals surface area contributed by atoms with E-state index in [1.54, 1.807) is 0 Å². The second kappa shape index (κ2) is 11.3. The third-order valence-electron chi connectivity index (χ3n) is 6.13. The lowest BCUT2D eigenvalue weighted by Gasteiger charge is -2.42. The smallest absolute Gasteiger partial charge is 0.191 e. The quantitative estimate of drug-likeness (QED) is 0.311. The van der Waals surface area contributed by atoms with Gasteiger partial charge in [0.25, 0.3) is 0 Å². The first-order valence-electron chi connectivity index (χ1n) is 10.3. The third-order valence-corrected chi connectivity index (χ3v) is 7.07. The number of hydrogen-bond acceptors (Lipinski definition) is 4. The number of rotatable bonds is 5. The molecular weight excluding hydrogens is 459 g/mol. The fourth-order valence-corrected chi connectivity index (χ4v) is 5.51. The van der Waals surface area contributed by atoms with Crippen molar-refractivity contribution in [2.45, 2.75) is 76.0 Å². The predicted molar refractivity (Wildman–Crippen MR) is 123 cm³/mol. The number of thioether (sulfide) groups is 1. The monoisotopic (exact) mass is 496 g/mol. The van der Waals surface area contributed by atoms with Gasteiger partial charge in [0.1, 0.15) is 0 Å². The molecule has 0 atom stereocenters. The summed E-state index contributed by atoms with van der Waals surface area (Å²) in [6, 6.07) is 0.451. The van der Waals surface area contributed by atoms with Crippen LogP contribution in [0.2, 0.25) is 0 Å². The molecule has 0 bridgehead atoms. The normalized spacial score (nSPS) is 29.8. The van der Waals surface area contributed by atoms with Gasteiger partial charge in [-0.3, -0.25) is 9.89 Å². The lowest BCUT2D eigenvalue weighted by molar-refractivity contribution is 0.112. The molecule has 2 saturated carbocycles. The van der Waals surface area contributed by atoms with Crippen molar-refractivity contribution in [3.63, 3.8) is 0 Å². The van der Waals surface area contributed by atoms with Gasteiger partial charge in [-0.25, -0.2) is 0 Å². The number of aliphatic imine (C=N–C) groups is 1. The predicted octanol–water partition coefficient (Wildman–Crippen LogP) is 2.82. The highest BCUT2D eigenvalue weighted by Gasteiger charge is 2.40. The van der Waals surface area contributed by atoms with Crippen LogP contribution >= 0.6 is 35.7 Å². The molecule has 0 unspecified atom stereocenters. The zero-order valence-corrected chi connectivity index (χ0v) is 19.4. The summed E-state index contributed by atoms with van der Waals surface area (Å²) in [5, 5.41) is 16.8. The molecule has 1 heterocycles. The van der Waals surface area contributed by atoms with E-state index in [1.807, 2.05) is 0 Å². The second-order valence-electron chi connectivity index (χ2n) is 7.88. The van der Waals surface area contributed by atoms with Gasteiger partial charge < -0.3 is 15.7 Å². The van der Waals surface area contributed by atoms with Crippen LogP contribution in [0, 0.1) is 0 Å². The van der Waals surface area contributed by atoms with Crippen LogP contribution in [0.3, 0.4) is 0 Å². The maximum atomic E-state index is 9.71. The number of halogens is 1. The van der Waals surface area contributed by atoms with Crippen LogP contribution in [-0.4, -0.2) is 71.3 Å². The van der Waals surface area contributed by atoms with E-state index in [-0.39, 0.29) is 30.1 Å². The van der Waals surface area contributed by atoms with Gasteiger partial charge in [0.15, 0.2) is 5.96 Å². The van der Waals surface area contributed by atoms with Crippen molar-refractivity contribution < 1.29 is 5.11 Å². The van der Waals surface area contributed by atoms with Crippen LogP contribution in [0.15, 0.2) is 4.99 Å². The van der Waals surface area contributed by atoms with Crippen LogP contribution in [0.5, 0.6) is 0 Å². The van der Waals surface area contributed by atoms with Crippen LogP contribution in [0.1, 0.15) is 58.3 Å². The molecule has 0 aromatic heterocycles. The molecule has 0 aromatic rings. The standard InChI is InChI=1S/C19H36N4OS.HI/c1-2-20-18(22-16-5-7-17(24)8-6-16)21-15-19(9-3-4-10-19)23-11-13-25-14-12-23;/h16-17,24H,2-15H2,1H3,(H2,20,21,22);1H. The lowest BCUT2D eigenvalue weighted by Crippen LogP contribution is -2.53. The molecule has 1 aliphatic heterocycles. The Bertz CT molecular complexity index is 431. The van der Waals surface area contributed by atoms with Gasteiger partial charge in [-0.15, -0.1) is 24.0 Å². The molecule has 26 heavy (non-hydrogen) atoms. The van der Waals surface area contributed by atoms with Crippen molar-refractivity contribution in [1.82, 2.24) is 15.5 Å². The third kappa shape index (κ3) is 6.14. The van der Waals surface area contributed by atoms with Crippen molar-refractivity contribution >= 4 is 41.7 Å². The summed E-state index contributed by atoms with van der Waals surface area (Å²) in [7, 11) is 0. The molecular formula is C19H37IN4OS. The molecule has 7 heteroatoms. The van der Waals surface area contributed by atoms with Crippen LogP contribution in [0.4, 0.5) is 0 Å². The molecule has 0 radical (unpaired) electrons. The highest BCUT2D eigenvalue weighted by atomic mass is 127. The molecule has 1 saturated heterocycles. The van der Waals surface area contributed by atoms with Gasteiger partial charge in [-0.1, -0.05) is 12.8 Å². The van der Waals surface area contributed by atoms with Crippen LogP contribution in [-0.2, 0) is 0 Å². The van der Waals surface area contributed by atoms with Crippen molar-refractivity contribution in [3.05, 3.63) is 0 Å². The Labute approximate surface area is 180 Å². The van der Waals surface area contributed by atoms with Gasteiger partial charge in [-0.2, -0.15) is 11.8 Å². The average Bonchev–Trinajstić information content (AvgIpc) is 3.13. The molecule has 3 N–H and O–H groups in total. The summed E-state index contributed by atoms with van der Waals surface area (Å²) in [6.45, 7) is 6.40. The lowest BCUT2D eigenvalue weighted by atomic mass is 9.93. The maximum absolute atomic E-state index is 9.71. The molecule has 3 aliphatic rings. The minimum absolute atomic E-state index is 0. The fourth-order valence-electron chi connectivity index (χ4n) is 4.60. The molecule has 152 valence electrons. The molecule has 0 aromatic carbocycles. The van der Waals surface area contributed by atoms with Gasteiger partial charge >= 0.3 is 0 Å². The summed E-state index contributed by atoms with van der Waals surface area (Å²) < 4.78 is 0. The fraction of sp³-hybridized carbons (Fsp3) is 0.947. The highest BCUT2D eigenvalue weighted by Crippen LogP contribution is 2.37. The van der Waals surface area contributed by atoms with E-state index in [4.69, 9.17) is 4.99 Å². The van der Waals surface area contributed by atoms with E-state index in [1.165, 1.54) is 50.3 Å². The summed E-state index contributed by atoms with van der Waals surface area (Å²) in [4.78, 5) is 7.78. The number of aliphatic hydroxyl groups is 1. The van der Waals surface area contributed by atoms with E-state index in [0.29, 0.717) is 11.6 Å². The largest absolute Gasteiger partial charge is 0.393 e. The van der Waals surface area contributed by atoms with Crippen molar-refractivity contribution in [2.75, 3.05) is 37.7 Å². The second-order valence-corrected chi connectivity index (χ2v) is 9.10. The van der Waals surface area contributed by atoms with Gasteiger partial charge in [0.05, 0.1) is 12.6 Å². The number of hydrogen-bond donors (Lipinski definition) is 3. The first-order valence-corrected chi connectivity index (χ1v) is 11.4. The number of nitrogens with one attached hydrogen (secondary N) is 2. The molecule has 0 spiro atoms. The van der Waals surface area contributed by atoms with Crippen molar-refractivity contribution in [1.29, 1.82) is 0 Å². The Balaban J connectivity index is 0.00000243. The van der Waals surface area contributed by atoms with E-state index in [9.17, 15) is 5.11 Å². The minimum Gasteiger partial charge on any atom is -0.393 e. The molecule has 0 amide bonds. The minimum atomic E-state index is -0.101. The Morgan fingerprint density at radius 2 is 1.81 bits per heavy atom. The van der Waals surface area contributed by atoms with E-state index in [2.05, 4.69) is 34.2 Å². The topological polar surface area (TPSA) is 59.9 Å². The van der Waals surface area contributed by atoms with E-state index >= 15 is 0 Å². The van der Waals surface area contributed by atoms with Crippen molar-refractivity contribution in [3.8, 4) is 0 Å². The zero-order chi connectivity index (χ0) is 17.5. The summed E-state index contributed by atoms with van der Waals surface area (Å²) >= 11 is 2.09. The number of aliphatic hydroxyl groups excluding tert-OH is 1. The highest BCUT2D eigenvalue weighted by molar-refractivity contribution is 14.0. The van der Waals surface area contributed by atoms with Crippen molar-refractivity contribution in [2.24, 2.45) is 4.99 Å². The summed E-state index contributed by atoms with van der Waals surface area (Å²) in [5.74, 6) is 3.52. The van der Waals surface area contributed by atoms with Crippen LogP contribution in [0.25, 0.3) is 0 Å². The molecule has 2 aliphatic carbocycles. The maximum Gasteiger partial charge on any atom is 0.191 e. The van der Waals surface area contributed by atoms with Gasteiger partial charge in [0, 0.05) is 42.7 Å². The average molecular weight is 497 g/mol. The van der Waals surface area contributed by atoms with E-state index in [0.717, 1.165) is 44.7 Å². The number of nitrogens with zero attached hydrogens (tertiary/aromatic N) is 2. The van der Waals surface area contributed by atoms with Crippen LogP contribution < -0.4 is 10.6 Å². The van der Waals surface area contributed by atoms with E-state index < -0.39 is 0 Å². The molecule has 3 rings (SSSR count). The molecule has 3 fully saturated rings. The summed E-state index contributed by atoms with van der Waals surface area (Å²) in [6.07, 6.45) is 9.11. The Hall–Kier alpha value is 0.270. The first-order chi connectivity index (χ1) is 12.2. The SMILES string of the molecule is CCNC(=NCC1(N2CCSCC2)CCCC1)NC1CCC(O)CC1.I. The molecule has 5 nitrogen and oxygen atoms in total. The first kappa shape index (κ1) is 22.6. The Kier molecular flexibility index (Phi) is 9.82. The summed E-state index contributed by atoms with van der Waals surface area (Å²) in [5.41, 5.74) is 0.298. The Morgan fingerprint density at radius 3 is 2.42 bits per heavy atom. The van der Waals surface area contributed by atoms with Gasteiger partial charge in [0.2, 0.25) is 0 Å².